The molecule has 1 heterocycles. The van der Waals surface area contributed by atoms with E-state index in [4.69, 9.17) is 4.52 Å². The lowest BCUT2D eigenvalue weighted by atomic mass is 10.0. The zero-order valence-electron chi connectivity index (χ0n) is 11.9. The van der Waals surface area contributed by atoms with Crippen molar-refractivity contribution in [2.24, 2.45) is 5.92 Å². The predicted molar refractivity (Wildman–Crippen MR) is 74.6 cm³/mol. The maximum absolute atomic E-state index is 11.2. The Morgan fingerprint density at radius 3 is 3.00 bits per heavy atom. The monoisotopic (exact) mass is 288 g/mol. The molecule has 1 aromatic heterocycles. The Hall–Kier alpha value is -2.50. The van der Waals surface area contributed by atoms with Crippen LogP contribution in [0.3, 0.4) is 0 Å². The number of esters is 1. The number of methoxy groups -OCH3 is 1. The van der Waals surface area contributed by atoms with Crippen LogP contribution in [0.25, 0.3) is 11.4 Å². The Bertz CT molecular complexity index is 636. The van der Waals surface area contributed by atoms with Gasteiger partial charge in [-0.05, 0) is 12.0 Å². The number of carbonyl (C=O) groups is 2. The van der Waals surface area contributed by atoms with Crippen molar-refractivity contribution >= 4 is 12.3 Å². The van der Waals surface area contributed by atoms with Crippen LogP contribution in [-0.4, -0.2) is 29.5 Å². The lowest BCUT2D eigenvalue weighted by molar-refractivity contribution is -0.141. The molecule has 110 valence electrons. The van der Waals surface area contributed by atoms with E-state index in [0.29, 0.717) is 30.1 Å². The lowest BCUT2D eigenvalue weighted by Crippen LogP contribution is -2.09. The molecule has 0 aliphatic heterocycles. The molecule has 0 spiro atoms. The van der Waals surface area contributed by atoms with Crippen LogP contribution in [0.2, 0.25) is 0 Å². The van der Waals surface area contributed by atoms with Crippen molar-refractivity contribution in [1.82, 2.24) is 10.1 Å². The number of benzene rings is 1. The molecule has 0 radical (unpaired) electrons. The number of nitrogens with zero attached hydrogens (tertiary/aromatic N) is 2. The third kappa shape index (κ3) is 3.98. The van der Waals surface area contributed by atoms with E-state index >= 15 is 0 Å². The molecule has 0 saturated heterocycles. The van der Waals surface area contributed by atoms with Crippen LogP contribution in [0.1, 0.15) is 29.6 Å². The highest BCUT2D eigenvalue weighted by Gasteiger charge is 2.15. The zero-order valence-corrected chi connectivity index (χ0v) is 11.9. The van der Waals surface area contributed by atoms with Gasteiger partial charge >= 0.3 is 5.97 Å². The third-order valence-electron chi connectivity index (χ3n) is 3.01. The Balaban J connectivity index is 2.07. The molecule has 0 amide bonds. The fourth-order valence-corrected chi connectivity index (χ4v) is 1.94. The number of carbonyl (C=O) groups excluding carboxylic acids is 2. The van der Waals surface area contributed by atoms with Crippen LogP contribution in [0.15, 0.2) is 28.8 Å². The van der Waals surface area contributed by atoms with Crippen LogP contribution in [-0.2, 0) is 16.0 Å². The molecule has 21 heavy (non-hydrogen) atoms. The topological polar surface area (TPSA) is 82.3 Å². The van der Waals surface area contributed by atoms with E-state index in [1.165, 1.54) is 7.11 Å². The third-order valence-corrected chi connectivity index (χ3v) is 3.01. The van der Waals surface area contributed by atoms with Gasteiger partial charge in [-0.2, -0.15) is 4.98 Å². The Morgan fingerprint density at radius 2 is 2.29 bits per heavy atom. The van der Waals surface area contributed by atoms with Gasteiger partial charge in [-0.25, -0.2) is 0 Å². The minimum atomic E-state index is -0.263. The summed E-state index contributed by atoms with van der Waals surface area (Å²) >= 11 is 0. The maximum atomic E-state index is 11.2. The Morgan fingerprint density at radius 1 is 1.48 bits per heavy atom. The summed E-state index contributed by atoms with van der Waals surface area (Å²) in [4.78, 5) is 26.2. The summed E-state index contributed by atoms with van der Waals surface area (Å²) in [6.45, 7) is 1.91. The second kappa shape index (κ2) is 6.78. The molecule has 6 heteroatoms. The minimum absolute atomic E-state index is 0.0482. The second-order valence-electron chi connectivity index (χ2n) is 4.84. The molecule has 2 aromatic rings. The summed E-state index contributed by atoms with van der Waals surface area (Å²) in [5, 5.41) is 3.90. The first kappa shape index (κ1) is 14.9. The van der Waals surface area contributed by atoms with E-state index in [2.05, 4.69) is 14.9 Å². The van der Waals surface area contributed by atoms with Gasteiger partial charge in [0, 0.05) is 24.0 Å². The quantitative estimate of drug-likeness (QED) is 0.599. The van der Waals surface area contributed by atoms with Gasteiger partial charge in [0.1, 0.15) is 6.29 Å². The van der Waals surface area contributed by atoms with Gasteiger partial charge < -0.3 is 9.26 Å². The van der Waals surface area contributed by atoms with Crippen molar-refractivity contribution in [2.45, 2.75) is 19.8 Å². The highest BCUT2D eigenvalue weighted by atomic mass is 16.5. The fraction of sp³-hybridized carbons (Fsp3) is 0.333. The number of ether oxygens (including phenoxy) is 1. The zero-order chi connectivity index (χ0) is 15.2. The molecule has 0 fully saturated rings. The molecule has 6 nitrogen and oxygen atoms in total. The van der Waals surface area contributed by atoms with E-state index in [0.717, 1.165) is 11.8 Å². The van der Waals surface area contributed by atoms with Crippen molar-refractivity contribution < 1.29 is 18.8 Å². The first-order chi connectivity index (χ1) is 10.1. The van der Waals surface area contributed by atoms with Crippen LogP contribution in [0.5, 0.6) is 0 Å². The van der Waals surface area contributed by atoms with Crippen LogP contribution in [0, 0.1) is 5.92 Å². The smallest absolute Gasteiger partial charge is 0.305 e. The van der Waals surface area contributed by atoms with Crippen LogP contribution < -0.4 is 0 Å². The molecule has 1 atom stereocenters. The molecule has 0 saturated carbocycles. The second-order valence-corrected chi connectivity index (χ2v) is 4.84. The standard InChI is InChI=1S/C15H16N2O4/c1-10(7-14(19)20-2)6-13-16-15(17-21-13)12-5-3-4-11(8-12)9-18/h3-5,8-10H,6-7H2,1-2H3. The largest absolute Gasteiger partial charge is 0.469 e. The van der Waals surface area contributed by atoms with Crippen molar-refractivity contribution in [2.75, 3.05) is 7.11 Å². The molecule has 0 aliphatic rings. The van der Waals surface area contributed by atoms with Crippen molar-refractivity contribution in [3.05, 3.63) is 35.7 Å². The van der Waals surface area contributed by atoms with Crippen LogP contribution in [0.4, 0.5) is 0 Å². The van der Waals surface area contributed by atoms with Crippen molar-refractivity contribution in [3.8, 4) is 11.4 Å². The minimum Gasteiger partial charge on any atom is -0.469 e. The number of rotatable bonds is 6. The SMILES string of the molecule is COC(=O)CC(C)Cc1nc(-c2cccc(C=O)c2)no1. The van der Waals surface area contributed by atoms with E-state index in [9.17, 15) is 9.59 Å². The van der Waals surface area contributed by atoms with Crippen molar-refractivity contribution in [1.29, 1.82) is 0 Å². The first-order valence-corrected chi connectivity index (χ1v) is 6.57. The summed E-state index contributed by atoms with van der Waals surface area (Å²) < 4.78 is 9.80. The number of hydrogen-bond donors (Lipinski definition) is 0. The van der Waals surface area contributed by atoms with E-state index in [1.807, 2.05) is 6.92 Å². The summed E-state index contributed by atoms with van der Waals surface area (Å²) in [6.07, 6.45) is 1.56. The van der Waals surface area contributed by atoms with Gasteiger partial charge in [-0.15, -0.1) is 0 Å². The average molecular weight is 288 g/mol. The predicted octanol–water partition coefficient (Wildman–Crippen LogP) is 2.29. The maximum Gasteiger partial charge on any atom is 0.305 e. The summed E-state index contributed by atoms with van der Waals surface area (Å²) in [5.74, 6) is 0.671. The molecule has 0 aliphatic carbocycles. The summed E-state index contributed by atoms with van der Waals surface area (Å²) in [6, 6.07) is 6.96. The lowest BCUT2D eigenvalue weighted by Gasteiger charge is -2.05. The number of aromatic nitrogens is 2. The van der Waals surface area contributed by atoms with E-state index in [-0.39, 0.29) is 11.9 Å². The van der Waals surface area contributed by atoms with Gasteiger partial charge in [-0.3, -0.25) is 9.59 Å². The average Bonchev–Trinajstić information content (AvgIpc) is 2.95. The van der Waals surface area contributed by atoms with Gasteiger partial charge in [0.25, 0.3) is 0 Å². The summed E-state index contributed by atoms with van der Waals surface area (Å²) in [7, 11) is 1.36. The van der Waals surface area contributed by atoms with Crippen molar-refractivity contribution in [3.63, 3.8) is 0 Å². The Kier molecular flexibility index (Phi) is 4.81. The van der Waals surface area contributed by atoms with E-state index in [1.54, 1.807) is 24.3 Å². The molecule has 2 rings (SSSR count). The molecule has 1 unspecified atom stereocenters. The van der Waals surface area contributed by atoms with Gasteiger partial charge in [0.05, 0.1) is 7.11 Å². The highest BCUT2D eigenvalue weighted by Crippen LogP contribution is 2.18. The number of aldehydes is 1. The Labute approximate surface area is 122 Å². The molecule has 0 bridgehead atoms. The van der Waals surface area contributed by atoms with E-state index < -0.39 is 0 Å². The van der Waals surface area contributed by atoms with Gasteiger partial charge in [0.15, 0.2) is 0 Å². The summed E-state index contributed by atoms with van der Waals surface area (Å²) in [5.41, 5.74) is 1.27. The molecule has 0 N–H and O–H groups in total. The highest BCUT2D eigenvalue weighted by molar-refractivity contribution is 5.77. The molecular weight excluding hydrogens is 272 g/mol. The van der Waals surface area contributed by atoms with Crippen LogP contribution >= 0.6 is 0 Å². The number of hydrogen-bond acceptors (Lipinski definition) is 6. The molecule has 1 aromatic carbocycles. The van der Waals surface area contributed by atoms with Gasteiger partial charge in [-0.1, -0.05) is 30.3 Å². The van der Waals surface area contributed by atoms with Gasteiger partial charge in [0.2, 0.25) is 11.7 Å². The molecular formula is C15H16N2O4. The fourth-order valence-electron chi connectivity index (χ4n) is 1.94. The normalized spacial score (nSPS) is 11.9. The first-order valence-electron chi connectivity index (χ1n) is 6.57.